The highest BCUT2D eigenvalue weighted by Crippen LogP contribution is 2.24. The molecule has 1 aliphatic rings. The average Bonchev–Trinajstić information content (AvgIpc) is 2.68. The molecule has 28 heavy (non-hydrogen) atoms. The molecule has 150 valence electrons. The lowest BCUT2D eigenvalue weighted by molar-refractivity contribution is 0.208. The van der Waals surface area contributed by atoms with Crippen LogP contribution in [0.1, 0.15) is 26.3 Å². The van der Waals surface area contributed by atoms with Crippen molar-refractivity contribution in [1.82, 2.24) is 15.1 Å². The molecule has 2 heterocycles. The maximum atomic E-state index is 12.6. The van der Waals surface area contributed by atoms with Gasteiger partial charge in [0, 0.05) is 52.0 Å². The maximum absolute atomic E-state index is 12.6. The van der Waals surface area contributed by atoms with E-state index in [0.717, 1.165) is 30.3 Å². The van der Waals surface area contributed by atoms with Crippen LogP contribution in [-0.2, 0) is 5.41 Å². The summed E-state index contributed by atoms with van der Waals surface area (Å²) in [5.41, 5.74) is 3.19. The molecular formula is C21H30N6O. The Balaban J connectivity index is 1.56. The number of urea groups is 1. The molecule has 0 saturated carbocycles. The van der Waals surface area contributed by atoms with Gasteiger partial charge < -0.3 is 20.0 Å². The molecular weight excluding hydrogens is 352 g/mol. The highest BCUT2D eigenvalue weighted by Gasteiger charge is 2.22. The molecule has 7 heteroatoms. The third-order valence-electron chi connectivity index (χ3n) is 5.04. The van der Waals surface area contributed by atoms with Gasteiger partial charge in [0.15, 0.2) is 5.82 Å². The number of benzene rings is 1. The summed E-state index contributed by atoms with van der Waals surface area (Å²) in [7, 11) is 3.97. The van der Waals surface area contributed by atoms with Crippen LogP contribution in [0.5, 0.6) is 0 Å². The normalized spacial score (nSPS) is 14.8. The number of carbonyl (C=O) groups excluding carboxylic acids is 1. The van der Waals surface area contributed by atoms with E-state index in [-0.39, 0.29) is 11.4 Å². The number of rotatable bonds is 3. The number of aromatic nitrogens is 2. The van der Waals surface area contributed by atoms with Crippen LogP contribution >= 0.6 is 0 Å². The molecule has 0 spiro atoms. The molecule has 0 atom stereocenters. The van der Waals surface area contributed by atoms with Gasteiger partial charge in [-0.2, -0.15) is 5.10 Å². The minimum atomic E-state index is -0.0590. The monoisotopic (exact) mass is 382 g/mol. The summed E-state index contributed by atoms with van der Waals surface area (Å²) in [6, 6.07) is 10.1. The van der Waals surface area contributed by atoms with Crippen molar-refractivity contribution in [3.63, 3.8) is 0 Å². The quantitative estimate of drug-likeness (QED) is 0.883. The number of piperazine rings is 1. The fraction of sp³-hybridized carbons (Fsp3) is 0.476. The van der Waals surface area contributed by atoms with Gasteiger partial charge in [0.05, 0.1) is 11.9 Å². The van der Waals surface area contributed by atoms with Crippen molar-refractivity contribution >= 4 is 23.2 Å². The Kier molecular flexibility index (Phi) is 5.72. The SMILES string of the molecule is CN(C)c1cnnc(N2CCN(C(=O)Nc3ccc(C(C)(C)C)cc3)CC2)c1. The first-order valence-corrected chi connectivity index (χ1v) is 9.65. The van der Waals surface area contributed by atoms with Crippen LogP contribution in [0.25, 0.3) is 0 Å². The molecule has 0 aliphatic carbocycles. The summed E-state index contributed by atoms with van der Waals surface area (Å²) in [6.45, 7) is 9.32. The topological polar surface area (TPSA) is 64.6 Å². The number of amides is 2. The maximum Gasteiger partial charge on any atom is 0.321 e. The Hall–Kier alpha value is -2.83. The van der Waals surface area contributed by atoms with Crippen LogP contribution in [-0.4, -0.2) is 61.4 Å². The lowest BCUT2D eigenvalue weighted by Crippen LogP contribution is -2.50. The summed E-state index contributed by atoms with van der Waals surface area (Å²) >= 11 is 0. The van der Waals surface area contributed by atoms with Crippen LogP contribution in [0.3, 0.4) is 0 Å². The van der Waals surface area contributed by atoms with E-state index in [1.54, 1.807) is 6.20 Å². The first-order valence-electron chi connectivity index (χ1n) is 9.65. The number of anilines is 3. The second kappa shape index (κ2) is 8.04. The van der Waals surface area contributed by atoms with E-state index in [0.29, 0.717) is 13.1 Å². The summed E-state index contributed by atoms with van der Waals surface area (Å²) in [6.07, 6.45) is 1.75. The van der Waals surface area contributed by atoms with Crippen molar-refractivity contribution in [1.29, 1.82) is 0 Å². The Bertz CT molecular complexity index is 804. The van der Waals surface area contributed by atoms with Crippen LogP contribution in [0, 0.1) is 0 Å². The summed E-state index contributed by atoms with van der Waals surface area (Å²) in [5.74, 6) is 0.851. The third-order valence-corrected chi connectivity index (χ3v) is 5.04. The molecule has 1 N–H and O–H groups in total. The van der Waals surface area contributed by atoms with Crippen LogP contribution in [0.15, 0.2) is 36.5 Å². The molecule has 1 aliphatic heterocycles. The number of hydrogen-bond acceptors (Lipinski definition) is 5. The third kappa shape index (κ3) is 4.71. The van der Waals surface area contributed by atoms with Crippen LogP contribution < -0.4 is 15.1 Å². The zero-order valence-electron chi connectivity index (χ0n) is 17.4. The number of nitrogens with one attached hydrogen (secondary N) is 1. The second-order valence-electron chi connectivity index (χ2n) is 8.40. The molecule has 1 aromatic carbocycles. The van der Waals surface area contributed by atoms with Crippen molar-refractivity contribution in [3.05, 3.63) is 42.1 Å². The van der Waals surface area contributed by atoms with E-state index in [2.05, 4.69) is 53.3 Å². The number of hydrogen-bond donors (Lipinski definition) is 1. The van der Waals surface area contributed by atoms with E-state index in [9.17, 15) is 4.79 Å². The molecule has 1 fully saturated rings. The van der Waals surface area contributed by atoms with Gasteiger partial charge >= 0.3 is 6.03 Å². The lowest BCUT2D eigenvalue weighted by Gasteiger charge is -2.35. The highest BCUT2D eigenvalue weighted by atomic mass is 16.2. The van der Waals surface area contributed by atoms with Gasteiger partial charge in [-0.15, -0.1) is 5.10 Å². The van der Waals surface area contributed by atoms with Crippen molar-refractivity contribution in [2.45, 2.75) is 26.2 Å². The standard InChI is InChI=1S/C21H30N6O/c1-21(2,3)16-6-8-17(9-7-16)23-20(28)27-12-10-26(11-13-27)19-14-18(25(4)5)15-22-24-19/h6-9,14-15H,10-13H2,1-5H3,(H,23,28). The van der Waals surface area contributed by atoms with Gasteiger partial charge in [-0.05, 0) is 23.1 Å². The molecule has 3 rings (SSSR count). The highest BCUT2D eigenvalue weighted by molar-refractivity contribution is 5.89. The largest absolute Gasteiger partial charge is 0.376 e. The van der Waals surface area contributed by atoms with E-state index >= 15 is 0 Å². The van der Waals surface area contributed by atoms with Crippen LogP contribution in [0.4, 0.5) is 22.0 Å². The smallest absolute Gasteiger partial charge is 0.321 e. The fourth-order valence-corrected chi connectivity index (χ4v) is 3.14. The van der Waals surface area contributed by atoms with Gasteiger partial charge in [-0.3, -0.25) is 0 Å². The Morgan fingerprint density at radius 2 is 1.71 bits per heavy atom. The van der Waals surface area contributed by atoms with E-state index < -0.39 is 0 Å². The van der Waals surface area contributed by atoms with Crippen molar-refractivity contribution in [2.24, 2.45) is 0 Å². The molecule has 2 aromatic rings. The average molecular weight is 383 g/mol. The minimum Gasteiger partial charge on any atom is -0.376 e. The van der Waals surface area contributed by atoms with E-state index in [1.807, 2.05) is 42.1 Å². The zero-order chi connectivity index (χ0) is 20.3. The lowest BCUT2D eigenvalue weighted by atomic mass is 9.87. The van der Waals surface area contributed by atoms with Gasteiger partial charge in [0.1, 0.15) is 0 Å². The van der Waals surface area contributed by atoms with Gasteiger partial charge in [-0.25, -0.2) is 4.79 Å². The van der Waals surface area contributed by atoms with E-state index in [1.165, 1.54) is 5.56 Å². The predicted octanol–water partition coefficient (Wildman–Crippen LogP) is 3.19. The minimum absolute atomic E-state index is 0.0590. The molecule has 0 unspecified atom stereocenters. The fourth-order valence-electron chi connectivity index (χ4n) is 3.14. The number of carbonyl (C=O) groups is 1. The second-order valence-corrected chi connectivity index (χ2v) is 8.40. The van der Waals surface area contributed by atoms with Crippen molar-refractivity contribution < 1.29 is 4.79 Å². The van der Waals surface area contributed by atoms with Gasteiger partial charge in [0.2, 0.25) is 0 Å². The Morgan fingerprint density at radius 1 is 1.07 bits per heavy atom. The molecule has 1 saturated heterocycles. The Morgan fingerprint density at radius 3 is 2.29 bits per heavy atom. The Labute approximate surface area is 167 Å². The molecule has 1 aromatic heterocycles. The predicted molar refractivity (Wildman–Crippen MR) is 114 cm³/mol. The van der Waals surface area contributed by atoms with E-state index in [4.69, 9.17) is 0 Å². The van der Waals surface area contributed by atoms with Crippen molar-refractivity contribution in [3.8, 4) is 0 Å². The number of nitrogens with zero attached hydrogens (tertiary/aromatic N) is 5. The molecule has 2 amide bonds. The summed E-state index contributed by atoms with van der Waals surface area (Å²) in [5, 5.41) is 11.3. The summed E-state index contributed by atoms with van der Waals surface area (Å²) in [4.78, 5) is 18.6. The molecule has 7 nitrogen and oxygen atoms in total. The zero-order valence-corrected chi connectivity index (χ0v) is 17.4. The van der Waals surface area contributed by atoms with Crippen molar-refractivity contribution in [2.75, 3.05) is 55.4 Å². The first kappa shape index (κ1) is 19.9. The van der Waals surface area contributed by atoms with Gasteiger partial charge in [0.25, 0.3) is 0 Å². The first-order chi connectivity index (χ1) is 13.2. The van der Waals surface area contributed by atoms with Gasteiger partial charge in [-0.1, -0.05) is 32.9 Å². The summed E-state index contributed by atoms with van der Waals surface area (Å²) < 4.78 is 0. The molecule has 0 radical (unpaired) electrons. The molecule has 0 bridgehead atoms. The van der Waals surface area contributed by atoms with Crippen LogP contribution in [0.2, 0.25) is 0 Å².